The maximum Gasteiger partial charge on any atom is 0.411 e. The number of thioether (sulfide) groups is 1. The summed E-state index contributed by atoms with van der Waals surface area (Å²) >= 11 is 1.83. The molecule has 0 unspecified atom stereocenters. The first kappa shape index (κ1) is 15.9. The van der Waals surface area contributed by atoms with Gasteiger partial charge < -0.3 is 14.8 Å². The molecule has 1 amide bonds. The summed E-state index contributed by atoms with van der Waals surface area (Å²) in [6.07, 6.45) is -2.01. The van der Waals surface area contributed by atoms with E-state index in [-0.39, 0.29) is 11.6 Å². The fourth-order valence-corrected chi connectivity index (χ4v) is 3.92. The van der Waals surface area contributed by atoms with Crippen LogP contribution in [0.1, 0.15) is 19.3 Å². The average Bonchev–Trinajstić information content (AvgIpc) is 2.75. The van der Waals surface area contributed by atoms with Gasteiger partial charge in [0.05, 0.1) is 5.60 Å². The first-order chi connectivity index (χ1) is 9.39. The Morgan fingerprint density at radius 3 is 2.95 bits per heavy atom. The Morgan fingerprint density at radius 1 is 1.50 bits per heavy atom. The van der Waals surface area contributed by atoms with Crippen LogP contribution in [-0.2, 0) is 14.3 Å². The van der Waals surface area contributed by atoms with Gasteiger partial charge in [0.1, 0.15) is 13.2 Å². The van der Waals surface area contributed by atoms with E-state index in [1.165, 1.54) is 0 Å². The summed E-state index contributed by atoms with van der Waals surface area (Å²) in [5, 5.41) is 2.74. The summed E-state index contributed by atoms with van der Waals surface area (Å²) in [5.74, 6) is 1.47. The lowest BCUT2D eigenvalue weighted by Crippen LogP contribution is -2.49. The predicted octanol–water partition coefficient (Wildman–Crippen LogP) is 1.74. The van der Waals surface area contributed by atoms with Crippen molar-refractivity contribution in [3.05, 3.63) is 0 Å². The van der Waals surface area contributed by atoms with Crippen LogP contribution < -0.4 is 5.32 Å². The normalized spacial score (nSPS) is 30.6. The third-order valence-electron chi connectivity index (χ3n) is 3.42. The highest BCUT2D eigenvalue weighted by molar-refractivity contribution is 7.99. The van der Waals surface area contributed by atoms with Gasteiger partial charge in [-0.05, 0) is 25.0 Å². The summed E-state index contributed by atoms with van der Waals surface area (Å²) in [5.41, 5.74) is -0.159. The van der Waals surface area contributed by atoms with E-state index in [2.05, 4.69) is 10.1 Å². The third kappa shape index (κ3) is 4.82. The van der Waals surface area contributed by atoms with Crippen molar-refractivity contribution in [1.82, 2.24) is 5.32 Å². The first-order valence-electron chi connectivity index (χ1n) is 6.54. The van der Waals surface area contributed by atoms with Crippen LogP contribution in [0.3, 0.4) is 0 Å². The Morgan fingerprint density at radius 2 is 2.30 bits per heavy atom. The molecule has 116 valence electrons. The highest BCUT2D eigenvalue weighted by atomic mass is 32.2. The predicted molar refractivity (Wildman–Crippen MR) is 68.7 cm³/mol. The summed E-state index contributed by atoms with van der Waals surface area (Å²) < 4.78 is 45.8. The molecular formula is C12H18F3NO3S. The zero-order valence-corrected chi connectivity index (χ0v) is 11.8. The van der Waals surface area contributed by atoms with Gasteiger partial charge in [-0.3, -0.25) is 4.79 Å². The Hall–Kier alpha value is -0.470. The number of rotatable bonds is 4. The molecule has 1 N–H and O–H groups in total. The molecule has 2 atom stereocenters. The van der Waals surface area contributed by atoms with Crippen molar-refractivity contribution in [3.8, 4) is 0 Å². The molecule has 0 aromatic carbocycles. The maximum atomic E-state index is 11.9. The van der Waals surface area contributed by atoms with Gasteiger partial charge in [0.15, 0.2) is 0 Å². The van der Waals surface area contributed by atoms with Gasteiger partial charge in [0.2, 0.25) is 5.91 Å². The number of alkyl halides is 3. The minimum atomic E-state index is -4.40. The van der Waals surface area contributed by atoms with Crippen molar-refractivity contribution >= 4 is 17.7 Å². The molecule has 2 fully saturated rings. The van der Waals surface area contributed by atoms with Crippen LogP contribution in [0.25, 0.3) is 0 Å². The molecule has 0 bridgehead atoms. The molecule has 20 heavy (non-hydrogen) atoms. The topological polar surface area (TPSA) is 47.6 Å². The number of hydrogen-bond acceptors (Lipinski definition) is 4. The maximum absolute atomic E-state index is 11.9. The number of carbonyl (C=O) groups excluding carboxylic acids is 1. The number of amides is 1. The van der Waals surface area contributed by atoms with Crippen LogP contribution in [0.4, 0.5) is 13.2 Å². The van der Waals surface area contributed by atoms with Gasteiger partial charge in [-0.2, -0.15) is 24.9 Å². The molecule has 0 aromatic heterocycles. The molecule has 2 aliphatic rings. The fourth-order valence-electron chi connectivity index (χ4n) is 2.54. The number of halogens is 3. The standard InChI is InChI=1S/C12H18F3NO3S/c13-12(14,15)7-18-6-10(17)16-9-1-3-19-11(5-9)2-4-20-8-11/h9H,1-8H2,(H,16,17)/t9-,11+/m1/s1. The molecule has 0 aliphatic carbocycles. The quantitative estimate of drug-likeness (QED) is 0.859. The smallest absolute Gasteiger partial charge is 0.374 e. The van der Waals surface area contributed by atoms with Crippen molar-refractivity contribution in [1.29, 1.82) is 0 Å². The van der Waals surface area contributed by atoms with Gasteiger partial charge in [-0.25, -0.2) is 0 Å². The fraction of sp³-hybridized carbons (Fsp3) is 0.917. The van der Waals surface area contributed by atoms with Gasteiger partial charge in [-0.15, -0.1) is 0 Å². The highest BCUT2D eigenvalue weighted by Gasteiger charge is 2.40. The van der Waals surface area contributed by atoms with E-state index in [0.717, 1.165) is 24.3 Å². The lowest BCUT2D eigenvalue weighted by atomic mass is 9.90. The molecule has 0 aromatic rings. The molecule has 2 rings (SSSR count). The van der Waals surface area contributed by atoms with Gasteiger partial charge >= 0.3 is 6.18 Å². The molecule has 2 aliphatic heterocycles. The van der Waals surface area contributed by atoms with Crippen LogP contribution >= 0.6 is 11.8 Å². The first-order valence-corrected chi connectivity index (χ1v) is 7.70. The number of carbonyl (C=O) groups is 1. The van der Waals surface area contributed by atoms with Crippen LogP contribution in [0, 0.1) is 0 Å². The van der Waals surface area contributed by atoms with E-state index in [1.54, 1.807) is 0 Å². The van der Waals surface area contributed by atoms with Crippen LogP contribution in [0.15, 0.2) is 0 Å². The summed E-state index contributed by atoms with van der Waals surface area (Å²) in [6.45, 7) is -1.37. The molecule has 1 spiro atoms. The monoisotopic (exact) mass is 313 g/mol. The Kier molecular flexibility index (Phi) is 5.19. The van der Waals surface area contributed by atoms with Crippen LogP contribution in [0.5, 0.6) is 0 Å². The zero-order valence-electron chi connectivity index (χ0n) is 11.0. The van der Waals surface area contributed by atoms with E-state index in [0.29, 0.717) is 13.0 Å². The molecule has 8 heteroatoms. The second kappa shape index (κ2) is 6.53. The second-order valence-corrected chi connectivity index (χ2v) is 6.30. The number of ether oxygens (including phenoxy) is 2. The zero-order chi connectivity index (χ0) is 14.6. The minimum Gasteiger partial charge on any atom is -0.374 e. The minimum absolute atomic E-state index is 0.0376. The molecular weight excluding hydrogens is 295 g/mol. The van der Waals surface area contributed by atoms with Crippen molar-refractivity contribution < 1.29 is 27.4 Å². The van der Waals surface area contributed by atoms with Gasteiger partial charge in [0, 0.05) is 18.4 Å². The third-order valence-corrected chi connectivity index (χ3v) is 4.65. The van der Waals surface area contributed by atoms with Gasteiger partial charge in [0.25, 0.3) is 0 Å². The van der Waals surface area contributed by atoms with E-state index in [1.807, 2.05) is 11.8 Å². The van der Waals surface area contributed by atoms with Gasteiger partial charge in [-0.1, -0.05) is 0 Å². The molecule has 0 radical (unpaired) electrons. The van der Waals surface area contributed by atoms with E-state index < -0.39 is 25.3 Å². The van der Waals surface area contributed by atoms with E-state index in [4.69, 9.17) is 4.74 Å². The van der Waals surface area contributed by atoms with Crippen molar-refractivity contribution in [2.45, 2.75) is 37.1 Å². The van der Waals surface area contributed by atoms with Crippen molar-refractivity contribution in [3.63, 3.8) is 0 Å². The molecule has 2 saturated heterocycles. The van der Waals surface area contributed by atoms with E-state index in [9.17, 15) is 18.0 Å². The Bertz CT molecular complexity index is 345. The highest BCUT2D eigenvalue weighted by Crippen LogP contribution is 2.38. The van der Waals surface area contributed by atoms with Crippen LogP contribution in [0.2, 0.25) is 0 Å². The summed E-state index contributed by atoms with van der Waals surface area (Å²) in [7, 11) is 0. The Labute approximate surface area is 119 Å². The van der Waals surface area contributed by atoms with Crippen LogP contribution in [-0.4, -0.2) is 55.1 Å². The average molecular weight is 313 g/mol. The summed E-state index contributed by atoms with van der Waals surface area (Å²) in [6, 6.07) is -0.0376. The Balaban J connectivity index is 1.71. The molecule has 4 nitrogen and oxygen atoms in total. The number of nitrogens with one attached hydrogen (secondary N) is 1. The summed E-state index contributed by atoms with van der Waals surface area (Å²) in [4.78, 5) is 11.6. The van der Waals surface area contributed by atoms with Crippen molar-refractivity contribution in [2.24, 2.45) is 0 Å². The lowest BCUT2D eigenvalue weighted by molar-refractivity contribution is -0.176. The van der Waals surface area contributed by atoms with Crippen molar-refractivity contribution in [2.75, 3.05) is 31.3 Å². The second-order valence-electron chi connectivity index (χ2n) is 5.20. The SMILES string of the molecule is O=C(COCC(F)(F)F)N[C@@H]1CCO[C@@]2(CCSC2)C1. The lowest BCUT2D eigenvalue weighted by Gasteiger charge is -2.38. The largest absolute Gasteiger partial charge is 0.411 e. The number of hydrogen-bond donors (Lipinski definition) is 1. The molecule has 0 saturated carbocycles. The molecule has 2 heterocycles. The van der Waals surface area contributed by atoms with E-state index >= 15 is 0 Å².